The fourth-order valence-electron chi connectivity index (χ4n) is 9.76. The minimum atomic E-state index is 0.791. The SMILES string of the molecule is c1ccc(-c2cc(-c3ccccc3)cc(-c3nc4ccccc4nc3-n3c4ccc(-n5c6ccccc6c6ccc7ccccc7c65)cc4c4cc5ccccc5cc43)c2)cc1. The van der Waals surface area contributed by atoms with E-state index in [1.165, 1.54) is 43.4 Å². The molecule has 62 heavy (non-hydrogen) atoms. The van der Waals surface area contributed by atoms with Crippen LogP contribution < -0.4 is 0 Å². The first-order valence-electron chi connectivity index (χ1n) is 21.2. The molecule has 0 spiro atoms. The van der Waals surface area contributed by atoms with Crippen LogP contribution >= 0.6 is 0 Å². The number of benzene rings is 10. The van der Waals surface area contributed by atoms with E-state index in [1.807, 2.05) is 12.1 Å². The van der Waals surface area contributed by atoms with Crippen LogP contribution in [0.1, 0.15) is 0 Å². The van der Waals surface area contributed by atoms with Crippen LogP contribution in [-0.2, 0) is 0 Å². The highest BCUT2D eigenvalue weighted by molar-refractivity contribution is 6.19. The summed E-state index contributed by atoms with van der Waals surface area (Å²) in [4.78, 5) is 11.1. The zero-order valence-corrected chi connectivity index (χ0v) is 33.6. The Morgan fingerprint density at radius 2 is 0.855 bits per heavy atom. The normalized spacial score (nSPS) is 11.9. The van der Waals surface area contributed by atoms with Crippen LogP contribution in [0.4, 0.5) is 0 Å². The van der Waals surface area contributed by atoms with Crippen molar-refractivity contribution in [1.29, 1.82) is 0 Å². The van der Waals surface area contributed by atoms with Crippen LogP contribution in [-0.4, -0.2) is 19.1 Å². The highest BCUT2D eigenvalue weighted by atomic mass is 15.1. The third-order valence-corrected chi connectivity index (χ3v) is 12.6. The van der Waals surface area contributed by atoms with Gasteiger partial charge in [0.1, 0.15) is 5.69 Å². The first kappa shape index (κ1) is 34.5. The molecule has 0 amide bonds. The van der Waals surface area contributed by atoms with Crippen LogP contribution in [0.2, 0.25) is 0 Å². The molecule has 13 aromatic rings. The second-order valence-electron chi connectivity index (χ2n) is 16.2. The number of nitrogens with zero attached hydrogens (tertiary/aromatic N) is 4. The average molecular weight is 789 g/mol. The summed E-state index contributed by atoms with van der Waals surface area (Å²) in [5, 5.41) is 9.63. The van der Waals surface area contributed by atoms with Crippen LogP contribution in [0.25, 0.3) is 121 Å². The third-order valence-electron chi connectivity index (χ3n) is 12.6. The number of hydrogen-bond acceptors (Lipinski definition) is 2. The summed E-state index contributed by atoms with van der Waals surface area (Å²) < 4.78 is 4.81. The predicted octanol–water partition coefficient (Wildman–Crippen LogP) is 15.1. The summed E-state index contributed by atoms with van der Waals surface area (Å²) in [5.41, 5.74) is 13.7. The van der Waals surface area contributed by atoms with Gasteiger partial charge in [0.2, 0.25) is 0 Å². The first-order valence-corrected chi connectivity index (χ1v) is 21.2. The van der Waals surface area contributed by atoms with Crippen molar-refractivity contribution >= 4 is 76.2 Å². The van der Waals surface area contributed by atoms with Gasteiger partial charge in [-0.3, -0.25) is 4.57 Å². The van der Waals surface area contributed by atoms with E-state index in [9.17, 15) is 0 Å². The Morgan fingerprint density at radius 1 is 0.290 bits per heavy atom. The van der Waals surface area contributed by atoms with E-state index in [0.29, 0.717) is 0 Å². The minimum Gasteiger partial charge on any atom is -0.309 e. The third kappa shape index (κ3) is 5.33. The van der Waals surface area contributed by atoms with E-state index >= 15 is 0 Å². The maximum Gasteiger partial charge on any atom is 0.165 e. The number of aromatic nitrogens is 4. The van der Waals surface area contributed by atoms with Gasteiger partial charge in [-0.15, -0.1) is 0 Å². The second kappa shape index (κ2) is 13.6. The van der Waals surface area contributed by atoms with Crippen molar-refractivity contribution in [2.75, 3.05) is 0 Å². The molecule has 0 fully saturated rings. The lowest BCUT2D eigenvalue weighted by molar-refractivity contribution is 1.08. The lowest BCUT2D eigenvalue weighted by Gasteiger charge is -2.16. The lowest BCUT2D eigenvalue weighted by atomic mass is 9.95. The van der Waals surface area contributed by atoms with E-state index in [1.54, 1.807) is 0 Å². The van der Waals surface area contributed by atoms with Gasteiger partial charge in [-0.1, -0.05) is 152 Å². The number of rotatable bonds is 5. The average Bonchev–Trinajstić information content (AvgIpc) is 3.85. The van der Waals surface area contributed by atoms with Crippen molar-refractivity contribution in [3.63, 3.8) is 0 Å². The lowest BCUT2D eigenvalue weighted by Crippen LogP contribution is -2.04. The summed E-state index contributed by atoms with van der Waals surface area (Å²) in [7, 11) is 0. The van der Waals surface area contributed by atoms with Gasteiger partial charge in [0.05, 0.1) is 33.1 Å². The summed E-state index contributed by atoms with van der Waals surface area (Å²) in [5.74, 6) is 0.791. The second-order valence-corrected chi connectivity index (χ2v) is 16.2. The Kier molecular flexibility index (Phi) is 7.57. The molecule has 0 unspecified atom stereocenters. The molecule has 0 aliphatic carbocycles. The number of para-hydroxylation sites is 3. The zero-order chi connectivity index (χ0) is 40.7. The molecule has 10 aromatic carbocycles. The molecule has 0 bridgehead atoms. The van der Waals surface area contributed by atoms with Crippen LogP contribution in [0, 0.1) is 0 Å². The minimum absolute atomic E-state index is 0.791. The smallest absolute Gasteiger partial charge is 0.165 e. The zero-order valence-electron chi connectivity index (χ0n) is 33.6. The summed E-state index contributed by atoms with van der Waals surface area (Å²) >= 11 is 0. The first-order chi connectivity index (χ1) is 30.7. The number of fused-ring (bicyclic) bond motifs is 10. The van der Waals surface area contributed by atoms with Crippen molar-refractivity contribution in [3.8, 4) is 45.0 Å². The molecule has 4 nitrogen and oxygen atoms in total. The van der Waals surface area contributed by atoms with Gasteiger partial charge in [0, 0.05) is 38.2 Å². The molecule has 0 saturated carbocycles. The maximum atomic E-state index is 5.56. The molecule has 0 N–H and O–H groups in total. The molecule has 4 heteroatoms. The Hall–Kier alpha value is -8.34. The van der Waals surface area contributed by atoms with Crippen LogP contribution in [0.5, 0.6) is 0 Å². The molecule has 0 radical (unpaired) electrons. The van der Waals surface area contributed by atoms with Crippen molar-refractivity contribution < 1.29 is 0 Å². The summed E-state index contributed by atoms with van der Waals surface area (Å²) in [6.07, 6.45) is 0. The Morgan fingerprint density at radius 3 is 1.60 bits per heavy atom. The quantitative estimate of drug-likeness (QED) is 0.174. The van der Waals surface area contributed by atoms with E-state index in [0.717, 1.165) is 77.9 Å². The van der Waals surface area contributed by atoms with Gasteiger partial charge < -0.3 is 4.57 Å². The van der Waals surface area contributed by atoms with Crippen LogP contribution in [0.3, 0.4) is 0 Å². The maximum absolute atomic E-state index is 5.56. The van der Waals surface area contributed by atoms with E-state index < -0.39 is 0 Å². The molecule has 13 rings (SSSR count). The molecule has 0 aliphatic heterocycles. The summed E-state index contributed by atoms with van der Waals surface area (Å²) in [6, 6.07) is 78.6. The molecular weight excluding hydrogens is 753 g/mol. The van der Waals surface area contributed by atoms with E-state index in [2.05, 4.69) is 215 Å². The molecule has 0 aliphatic rings. The van der Waals surface area contributed by atoms with Crippen molar-refractivity contribution in [2.24, 2.45) is 0 Å². The van der Waals surface area contributed by atoms with Crippen molar-refractivity contribution in [2.45, 2.75) is 0 Å². The molecule has 3 heterocycles. The molecular formula is C58H36N4. The summed E-state index contributed by atoms with van der Waals surface area (Å²) in [6.45, 7) is 0. The molecule has 3 aromatic heterocycles. The van der Waals surface area contributed by atoms with Gasteiger partial charge >= 0.3 is 0 Å². The molecule has 0 saturated heterocycles. The van der Waals surface area contributed by atoms with Crippen molar-refractivity contribution in [3.05, 3.63) is 218 Å². The standard InChI is InChI=1S/C58H36N4/c1-3-15-37(16-4-1)42-31-43(38-17-5-2-6-18-38)33-44(32-42)56-58(60-52-25-13-12-24-51(52)59-56)62-54-30-28-45(36-50(54)49-34-40-20-7-8-21-41(40)35-55(49)62)61-53-26-14-11-23-47(53)48-29-27-39-19-9-10-22-46(39)57(48)61/h1-36H. The van der Waals surface area contributed by atoms with Crippen molar-refractivity contribution in [1.82, 2.24) is 19.1 Å². The monoisotopic (exact) mass is 788 g/mol. The number of hydrogen-bond donors (Lipinski definition) is 0. The van der Waals surface area contributed by atoms with Crippen LogP contribution in [0.15, 0.2) is 218 Å². The van der Waals surface area contributed by atoms with Gasteiger partial charge in [0.25, 0.3) is 0 Å². The predicted molar refractivity (Wildman–Crippen MR) is 260 cm³/mol. The Bertz CT molecular complexity index is 3860. The Balaban J connectivity index is 1.13. The topological polar surface area (TPSA) is 35.6 Å². The molecule has 0 atom stereocenters. The van der Waals surface area contributed by atoms with Gasteiger partial charge in [0.15, 0.2) is 5.82 Å². The molecule has 288 valence electrons. The largest absolute Gasteiger partial charge is 0.309 e. The van der Waals surface area contributed by atoms with E-state index in [-0.39, 0.29) is 0 Å². The van der Waals surface area contributed by atoms with Gasteiger partial charge in [-0.2, -0.15) is 0 Å². The Labute approximate surface area is 357 Å². The fraction of sp³-hybridized carbons (Fsp3) is 0. The van der Waals surface area contributed by atoms with Gasteiger partial charge in [-0.25, -0.2) is 9.97 Å². The van der Waals surface area contributed by atoms with Gasteiger partial charge in [-0.05, 0) is 105 Å². The highest BCUT2D eigenvalue weighted by Crippen LogP contribution is 2.42. The highest BCUT2D eigenvalue weighted by Gasteiger charge is 2.23. The van der Waals surface area contributed by atoms with E-state index in [4.69, 9.17) is 9.97 Å². The fourth-order valence-corrected chi connectivity index (χ4v) is 9.76.